The molecule has 1 aliphatic rings. The van der Waals surface area contributed by atoms with E-state index in [4.69, 9.17) is 0 Å². The van der Waals surface area contributed by atoms with Crippen LogP contribution in [0, 0.1) is 6.92 Å². The van der Waals surface area contributed by atoms with Crippen LogP contribution in [-0.4, -0.2) is 35.1 Å². The monoisotopic (exact) mass is 221 g/mol. The van der Waals surface area contributed by atoms with E-state index in [1.807, 2.05) is 19.3 Å². The van der Waals surface area contributed by atoms with E-state index < -0.39 is 0 Å². The number of imidazole rings is 1. The van der Waals surface area contributed by atoms with Crippen LogP contribution >= 0.6 is 0 Å². The van der Waals surface area contributed by atoms with Crippen LogP contribution in [0.5, 0.6) is 0 Å². The van der Waals surface area contributed by atoms with E-state index in [2.05, 4.69) is 25.2 Å². The molecule has 5 heteroatoms. The zero-order valence-electron chi connectivity index (χ0n) is 9.90. The first-order valence-electron chi connectivity index (χ1n) is 5.74. The van der Waals surface area contributed by atoms with Gasteiger partial charge in [-0.15, -0.1) is 0 Å². The number of nitrogens with one attached hydrogen (secondary N) is 2. The number of rotatable bonds is 4. The molecule has 0 unspecified atom stereocenters. The zero-order valence-corrected chi connectivity index (χ0v) is 9.90. The average molecular weight is 221 g/mol. The lowest BCUT2D eigenvalue weighted by molar-refractivity contribution is 0.645. The fourth-order valence-electron chi connectivity index (χ4n) is 1.55. The highest BCUT2D eigenvalue weighted by Gasteiger charge is 2.21. The number of hydrogen-bond acceptors (Lipinski definition) is 2. The molecule has 1 aromatic rings. The van der Waals surface area contributed by atoms with Crippen molar-refractivity contribution in [3.05, 3.63) is 18.2 Å². The highest BCUT2D eigenvalue weighted by atomic mass is 15.2. The third-order valence-electron chi connectivity index (χ3n) is 2.71. The molecule has 0 saturated heterocycles. The van der Waals surface area contributed by atoms with Crippen molar-refractivity contribution in [3.8, 4) is 0 Å². The molecule has 0 radical (unpaired) electrons. The van der Waals surface area contributed by atoms with E-state index in [1.54, 1.807) is 7.05 Å². The second-order valence-electron chi connectivity index (χ2n) is 4.09. The topological polar surface area (TPSA) is 54.2 Å². The molecule has 88 valence electrons. The van der Waals surface area contributed by atoms with Gasteiger partial charge in [0.15, 0.2) is 5.96 Å². The van der Waals surface area contributed by atoms with Gasteiger partial charge in [-0.1, -0.05) is 0 Å². The summed E-state index contributed by atoms with van der Waals surface area (Å²) in [6, 6.07) is 0.640. The minimum Gasteiger partial charge on any atom is -0.355 e. The smallest absolute Gasteiger partial charge is 0.191 e. The lowest BCUT2D eigenvalue weighted by atomic mass is 10.5. The molecule has 2 rings (SSSR count). The Labute approximate surface area is 96.0 Å². The largest absolute Gasteiger partial charge is 0.355 e. The zero-order chi connectivity index (χ0) is 11.4. The summed E-state index contributed by atoms with van der Waals surface area (Å²) in [7, 11) is 1.81. The first-order valence-corrected chi connectivity index (χ1v) is 5.74. The molecule has 16 heavy (non-hydrogen) atoms. The van der Waals surface area contributed by atoms with Crippen LogP contribution in [-0.2, 0) is 6.54 Å². The van der Waals surface area contributed by atoms with Gasteiger partial charge in [-0.25, -0.2) is 4.98 Å². The van der Waals surface area contributed by atoms with Crippen molar-refractivity contribution in [1.29, 1.82) is 0 Å². The average Bonchev–Trinajstić information content (AvgIpc) is 3.01. The maximum atomic E-state index is 4.18. The van der Waals surface area contributed by atoms with E-state index in [0.717, 1.165) is 24.9 Å². The molecule has 0 atom stereocenters. The Morgan fingerprint density at radius 2 is 2.44 bits per heavy atom. The molecular weight excluding hydrogens is 202 g/mol. The van der Waals surface area contributed by atoms with Gasteiger partial charge in [0.05, 0.1) is 0 Å². The van der Waals surface area contributed by atoms with Crippen LogP contribution in [0.1, 0.15) is 18.7 Å². The van der Waals surface area contributed by atoms with Gasteiger partial charge in [-0.05, 0) is 19.8 Å². The number of guanidine groups is 1. The number of aliphatic imine (C=N–C) groups is 1. The molecule has 0 aromatic carbocycles. The molecule has 0 aliphatic heterocycles. The summed E-state index contributed by atoms with van der Waals surface area (Å²) in [5, 5.41) is 6.65. The van der Waals surface area contributed by atoms with Gasteiger partial charge >= 0.3 is 0 Å². The standard InChI is InChI=1S/C11H19N5/c1-9-13-5-7-16(9)8-6-14-11(12-2)15-10-3-4-10/h5,7,10H,3-4,6,8H2,1-2H3,(H2,12,14,15). The summed E-state index contributed by atoms with van der Waals surface area (Å²) in [4.78, 5) is 8.36. The third kappa shape index (κ3) is 2.98. The quantitative estimate of drug-likeness (QED) is 0.575. The molecule has 1 aromatic heterocycles. The SMILES string of the molecule is CN=C(NCCn1ccnc1C)NC1CC1. The minimum atomic E-state index is 0.640. The Balaban J connectivity index is 1.72. The van der Waals surface area contributed by atoms with Crippen molar-refractivity contribution >= 4 is 5.96 Å². The van der Waals surface area contributed by atoms with E-state index in [1.165, 1.54) is 12.8 Å². The van der Waals surface area contributed by atoms with Gasteiger partial charge in [0.1, 0.15) is 5.82 Å². The van der Waals surface area contributed by atoms with Crippen LogP contribution in [0.2, 0.25) is 0 Å². The molecule has 5 nitrogen and oxygen atoms in total. The lowest BCUT2D eigenvalue weighted by Gasteiger charge is -2.11. The van der Waals surface area contributed by atoms with Crippen LogP contribution in [0.4, 0.5) is 0 Å². The van der Waals surface area contributed by atoms with E-state index in [9.17, 15) is 0 Å². The van der Waals surface area contributed by atoms with Crippen LogP contribution < -0.4 is 10.6 Å². The normalized spacial score (nSPS) is 16.2. The van der Waals surface area contributed by atoms with Crippen molar-refractivity contribution in [2.45, 2.75) is 32.4 Å². The molecule has 1 saturated carbocycles. The number of aromatic nitrogens is 2. The summed E-state index contributed by atoms with van der Waals surface area (Å²) < 4.78 is 2.12. The molecular formula is C11H19N5. The van der Waals surface area contributed by atoms with Crippen molar-refractivity contribution in [2.24, 2.45) is 4.99 Å². The summed E-state index contributed by atoms with van der Waals surface area (Å²) in [6.07, 6.45) is 6.35. The summed E-state index contributed by atoms with van der Waals surface area (Å²) >= 11 is 0. The number of nitrogens with zero attached hydrogens (tertiary/aromatic N) is 3. The molecule has 0 spiro atoms. The molecule has 1 fully saturated rings. The summed E-state index contributed by atoms with van der Waals surface area (Å²) in [5.74, 6) is 1.95. The highest BCUT2D eigenvalue weighted by Crippen LogP contribution is 2.18. The molecule has 0 amide bonds. The van der Waals surface area contributed by atoms with Crippen molar-refractivity contribution in [2.75, 3.05) is 13.6 Å². The summed E-state index contributed by atoms with van der Waals surface area (Å²) in [5.41, 5.74) is 0. The fraction of sp³-hybridized carbons (Fsp3) is 0.636. The van der Waals surface area contributed by atoms with Gasteiger partial charge in [0.2, 0.25) is 0 Å². The Kier molecular flexibility index (Phi) is 3.44. The molecule has 0 bridgehead atoms. The van der Waals surface area contributed by atoms with Crippen LogP contribution in [0.25, 0.3) is 0 Å². The fourth-order valence-corrected chi connectivity index (χ4v) is 1.55. The van der Waals surface area contributed by atoms with Gasteiger partial charge < -0.3 is 15.2 Å². The van der Waals surface area contributed by atoms with Gasteiger partial charge in [0, 0.05) is 38.6 Å². The summed E-state index contributed by atoms with van der Waals surface area (Å²) in [6.45, 7) is 3.79. The van der Waals surface area contributed by atoms with Crippen molar-refractivity contribution < 1.29 is 0 Å². The maximum absolute atomic E-state index is 4.18. The maximum Gasteiger partial charge on any atom is 0.191 e. The Morgan fingerprint density at radius 1 is 1.62 bits per heavy atom. The Bertz CT molecular complexity index is 364. The predicted molar refractivity (Wildman–Crippen MR) is 64.5 cm³/mol. The predicted octanol–water partition coefficient (Wildman–Crippen LogP) is 0.519. The van der Waals surface area contributed by atoms with E-state index >= 15 is 0 Å². The van der Waals surface area contributed by atoms with Gasteiger partial charge in [-0.2, -0.15) is 0 Å². The van der Waals surface area contributed by atoms with Gasteiger partial charge in [-0.3, -0.25) is 4.99 Å². The van der Waals surface area contributed by atoms with Crippen molar-refractivity contribution in [3.63, 3.8) is 0 Å². The van der Waals surface area contributed by atoms with Crippen LogP contribution in [0.15, 0.2) is 17.4 Å². The Hall–Kier alpha value is -1.52. The lowest BCUT2D eigenvalue weighted by Crippen LogP contribution is -2.39. The number of hydrogen-bond donors (Lipinski definition) is 2. The molecule has 1 heterocycles. The first-order chi connectivity index (χ1) is 7.79. The van der Waals surface area contributed by atoms with E-state index in [-0.39, 0.29) is 0 Å². The molecule has 2 N–H and O–H groups in total. The Morgan fingerprint density at radius 3 is 3.00 bits per heavy atom. The van der Waals surface area contributed by atoms with Gasteiger partial charge in [0.25, 0.3) is 0 Å². The second-order valence-corrected chi connectivity index (χ2v) is 4.09. The minimum absolute atomic E-state index is 0.640. The van der Waals surface area contributed by atoms with E-state index in [0.29, 0.717) is 6.04 Å². The third-order valence-corrected chi connectivity index (χ3v) is 2.71. The second kappa shape index (κ2) is 5.01. The van der Waals surface area contributed by atoms with Crippen molar-refractivity contribution in [1.82, 2.24) is 20.2 Å². The highest BCUT2D eigenvalue weighted by molar-refractivity contribution is 5.80. The number of aryl methyl sites for hydroxylation is 1. The van der Waals surface area contributed by atoms with Crippen LogP contribution in [0.3, 0.4) is 0 Å². The molecule has 1 aliphatic carbocycles. The first kappa shape index (κ1) is 11.0.